The summed E-state index contributed by atoms with van der Waals surface area (Å²) in [4.78, 5) is 13.9. The molecule has 0 unspecified atom stereocenters. The number of hydrogen-bond donors (Lipinski definition) is 0. The number of nitrogens with zero attached hydrogens (tertiary/aromatic N) is 1. The largest absolute Gasteiger partial charge is 0.464 e. The number of aromatic nitrogens is 1. The molecule has 0 spiro atoms. The summed E-state index contributed by atoms with van der Waals surface area (Å²) in [6.07, 6.45) is -4.33. The van der Waals surface area contributed by atoms with Gasteiger partial charge in [0.25, 0.3) is 0 Å². The van der Waals surface area contributed by atoms with E-state index in [1.165, 1.54) is 0 Å². The van der Waals surface area contributed by atoms with Crippen LogP contribution >= 0.6 is 0 Å². The van der Waals surface area contributed by atoms with E-state index in [2.05, 4.69) is 9.72 Å². The number of alkyl halides is 3. The van der Waals surface area contributed by atoms with Crippen molar-refractivity contribution in [3.8, 4) is 0 Å². The fourth-order valence-corrected chi connectivity index (χ4v) is 0.915. The third kappa shape index (κ3) is 2.42. The highest BCUT2D eigenvalue weighted by Gasteiger charge is 2.37. The monoisotopic (exact) mass is 223 g/mol. The maximum absolute atomic E-state index is 12.5. The molecule has 0 radical (unpaired) electrons. The van der Waals surface area contributed by atoms with E-state index in [0.29, 0.717) is 6.20 Å². The molecule has 82 valence electrons. The highest BCUT2D eigenvalue weighted by atomic mass is 19.4. The molecular weight excluding hydrogens is 218 g/mol. The summed E-state index contributed by atoms with van der Waals surface area (Å²) in [7, 11) is 0.910. The molecule has 0 aliphatic rings. The molecule has 1 aromatic heterocycles. The number of ether oxygens (including phenoxy) is 1. The van der Waals surface area contributed by atoms with Crippen LogP contribution in [0.3, 0.4) is 0 Å². The van der Waals surface area contributed by atoms with Gasteiger partial charge in [-0.3, -0.25) is 0 Å². The van der Waals surface area contributed by atoms with Crippen molar-refractivity contribution in [2.24, 2.45) is 0 Å². The Morgan fingerprint density at radius 2 is 2.07 bits per heavy atom. The smallest absolute Gasteiger partial charge is 0.418 e. The maximum atomic E-state index is 12.5. The molecule has 3 nitrogen and oxygen atoms in total. The normalized spacial score (nSPS) is 11.3. The van der Waals surface area contributed by atoms with E-state index < -0.39 is 29.2 Å². The third-order valence-corrected chi connectivity index (χ3v) is 1.54. The van der Waals surface area contributed by atoms with Crippen LogP contribution in [-0.2, 0) is 10.9 Å². The zero-order valence-electron chi connectivity index (χ0n) is 7.43. The van der Waals surface area contributed by atoms with E-state index in [1.54, 1.807) is 0 Å². The van der Waals surface area contributed by atoms with Gasteiger partial charge in [-0.2, -0.15) is 13.2 Å². The average molecular weight is 223 g/mol. The Morgan fingerprint density at radius 1 is 1.47 bits per heavy atom. The van der Waals surface area contributed by atoms with Crippen molar-refractivity contribution in [1.82, 2.24) is 4.98 Å². The molecule has 0 saturated carbocycles. The molecule has 0 aliphatic heterocycles. The number of carbonyl (C=O) groups is 1. The molecule has 1 rings (SSSR count). The highest BCUT2D eigenvalue weighted by Crippen LogP contribution is 2.31. The van der Waals surface area contributed by atoms with Gasteiger partial charge in [0.2, 0.25) is 0 Å². The molecule has 0 atom stereocenters. The third-order valence-electron chi connectivity index (χ3n) is 1.54. The number of carbonyl (C=O) groups excluding carboxylic acids is 1. The van der Waals surface area contributed by atoms with Crippen LogP contribution in [0.1, 0.15) is 16.1 Å². The summed E-state index contributed by atoms with van der Waals surface area (Å²) in [5.41, 5.74) is -2.40. The second-order valence-corrected chi connectivity index (χ2v) is 2.54. The van der Waals surface area contributed by atoms with Crippen LogP contribution in [-0.4, -0.2) is 18.1 Å². The molecule has 0 N–H and O–H groups in total. The lowest BCUT2D eigenvalue weighted by atomic mass is 10.2. The van der Waals surface area contributed by atoms with E-state index in [0.717, 1.165) is 7.11 Å². The summed E-state index contributed by atoms with van der Waals surface area (Å²) in [5, 5.41) is 0. The van der Waals surface area contributed by atoms with Crippen molar-refractivity contribution in [1.29, 1.82) is 0 Å². The molecule has 1 aromatic rings. The van der Waals surface area contributed by atoms with E-state index in [1.807, 2.05) is 0 Å². The Bertz CT molecular complexity index is 389. The topological polar surface area (TPSA) is 39.2 Å². The van der Waals surface area contributed by atoms with Crippen LogP contribution < -0.4 is 0 Å². The Labute approximate surface area is 81.7 Å². The van der Waals surface area contributed by atoms with Crippen molar-refractivity contribution in [3.63, 3.8) is 0 Å². The Morgan fingerprint density at radius 3 is 2.53 bits per heavy atom. The van der Waals surface area contributed by atoms with Gasteiger partial charge in [-0.25, -0.2) is 14.2 Å². The molecule has 7 heteroatoms. The second kappa shape index (κ2) is 3.84. The van der Waals surface area contributed by atoms with Crippen molar-refractivity contribution in [2.45, 2.75) is 6.18 Å². The summed E-state index contributed by atoms with van der Waals surface area (Å²) in [6, 6.07) is 0.194. The summed E-state index contributed by atoms with van der Waals surface area (Å²) >= 11 is 0. The predicted molar refractivity (Wildman–Crippen MR) is 40.5 cm³/mol. The van der Waals surface area contributed by atoms with Gasteiger partial charge in [-0.1, -0.05) is 0 Å². The fourth-order valence-electron chi connectivity index (χ4n) is 0.915. The minimum absolute atomic E-state index is 0.194. The first kappa shape index (κ1) is 11.4. The van der Waals surface area contributed by atoms with Crippen LogP contribution in [0.4, 0.5) is 17.6 Å². The zero-order chi connectivity index (χ0) is 11.6. The van der Waals surface area contributed by atoms with Crippen molar-refractivity contribution in [2.75, 3.05) is 7.11 Å². The molecular formula is C8H5F4NO2. The average Bonchev–Trinajstić information content (AvgIpc) is 2.15. The van der Waals surface area contributed by atoms with Crippen LogP contribution in [0.25, 0.3) is 0 Å². The lowest BCUT2D eigenvalue weighted by Crippen LogP contribution is -2.16. The van der Waals surface area contributed by atoms with Crippen LogP contribution in [0.5, 0.6) is 0 Å². The van der Waals surface area contributed by atoms with Gasteiger partial charge >= 0.3 is 12.1 Å². The van der Waals surface area contributed by atoms with Crippen LogP contribution in [0.2, 0.25) is 0 Å². The molecule has 0 aromatic carbocycles. The Kier molecular flexibility index (Phi) is 2.92. The molecule has 0 aliphatic carbocycles. The molecule has 0 fully saturated rings. The number of rotatable bonds is 1. The lowest BCUT2D eigenvalue weighted by molar-refractivity contribution is -0.138. The fraction of sp³-hybridized carbons (Fsp3) is 0.250. The van der Waals surface area contributed by atoms with Gasteiger partial charge in [0.05, 0.1) is 18.9 Å². The standard InChI is InChI=1S/C8H5F4NO2/c1-15-7(14)6-5(8(10,11)12)2-4(9)3-13-6/h2-3H,1H3. The van der Waals surface area contributed by atoms with Crippen molar-refractivity contribution in [3.05, 3.63) is 29.3 Å². The van der Waals surface area contributed by atoms with Crippen molar-refractivity contribution < 1.29 is 27.1 Å². The lowest BCUT2D eigenvalue weighted by Gasteiger charge is -2.09. The Hall–Kier alpha value is -1.66. The maximum Gasteiger partial charge on any atom is 0.418 e. The molecule has 0 saturated heterocycles. The van der Waals surface area contributed by atoms with Gasteiger partial charge in [-0.05, 0) is 6.07 Å². The molecule has 0 amide bonds. The van der Waals surface area contributed by atoms with Gasteiger partial charge in [0.1, 0.15) is 5.82 Å². The second-order valence-electron chi connectivity index (χ2n) is 2.54. The summed E-state index contributed by atoms with van der Waals surface area (Å²) < 4.78 is 53.6. The van der Waals surface area contributed by atoms with Gasteiger partial charge in [-0.15, -0.1) is 0 Å². The zero-order valence-corrected chi connectivity index (χ0v) is 7.43. The first-order valence-electron chi connectivity index (χ1n) is 3.67. The minimum Gasteiger partial charge on any atom is -0.464 e. The van der Waals surface area contributed by atoms with Crippen LogP contribution in [0.15, 0.2) is 12.3 Å². The van der Waals surface area contributed by atoms with Crippen molar-refractivity contribution >= 4 is 5.97 Å². The SMILES string of the molecule is COC(=O)c1ncc(F)cc1C(F)(F)F. The van der Waals surface area contributed by atoms with Gasteiger partial charge in [0.15, 0.2) is 5.69 Å². The quantitative estimate of drug-likeness (QED) is 0.540. The van der Waals surface area contributed by atoms with Gasteiger partial charge in [0, 0.05) is 0 Å². The highest BCUT2D eigenvalue weighted by molar-refractivity contribution is 5.88. The number of pyridine rings is 1. The van der Waals surface area contributed by atoms with Gasteiger partial charge < -0.3 is 4.74 Å². The van der Waals surface area contributed by atoms with E-state index >= 15 is 0 Å². The predicted octanol–water partition coefficient (Wildman–Crippen LogP) is 2.03. The number of halogens is 4. The Balaban J connectivity index is 3.33. The first-order chi connectivity index (χ1) is 6.86. The summed E-state index contributed by atoms with van der Waals surface area (Å²) in [5.74, 6) is -2.43. The number of hydrogen-bond acceptors (Lipinski definition) is 3. The van der Waals surface area contributed by atoms with Crippen LogP contribution in [0, 0.1) is 5.82 Å². The number of methoxy groups -OCH3 is 1. The minimum atomic E-state index is -4.85. The van der Waals surface area contributed by atoms with E-state index in [4.69, 9.17) is 0 Å². The van der Waals surface area contributed by atoms with E-state index in [-0.39, 0.29) is 6.07 Å². The first-order valence-corrected chi connectivity index (χ1v) is 3.67. The number of esters is 1. The molecule has 0 bridgehead atoms. The molecule has 1 heterocycles. The molecule has 15 heavy (non-hydrogen) atoms. The summed E-state index contributed by atoms with van der Waals surface area (Å²) in [6.45, 7) is 0. The van der Waals surface area contributed by atoms with E-state index in [9.17, 15) is 22.4 Å².